The highest BCUT2D eigenvalue weighted by Gasteiger charge is 2.28. The van der Waals surface area contributed by atoms with Crippen molar-refractivity contribution >= 4 is 16.6 Å². The van der Waals surface area contributed by atoms with Crippen LogP contribution in [0, 0.1) is 0 Å². The van der Waals surface area contributed by atoms with Crippen molar-refractivity contribution < 1.29 is 13.6 Å². The summed E-state index contributed by atoms with van der Waals surface area (Å²) in [7, 11) is -0.987. The predicted octanol–water partition coefficient (Wildman–Crippen LogP) is 4.27. The Hall–Kier alpha value is 0.314. The Bertz CT molecular complexity index is 210. The molecule has 0 aromatic carbocycles. The van der Waals surface area contributed by atoms with Crippen LogP contribution in [0.25, 0.3) is 0 Å². The van der Waals surface area contributed by atoms with Gasteiger partial charge in [0.1, 0.15) is 0 Å². The Labute approximate surface area is 122 Å². The van der Waals surface area contributed by atoms with Crippen LogP contribution in [0.1, 0.15) is 27.2 Å². The summed E-state index contributed by atoms with van der Waals surface area (Å²) in [6, 6.07) is 4.82. The molecule has 0 saturated carbocycles. The highest BCUT2D eigenvalue weighted by Crippen LogP contribution is 2.21. The first-order valence-corrected chi connectivity index (χ1v) is 13.4. The topological polar surface area (TPSA) is 27.7 Å². The van der Waals surface area contributed by atoms with Gasteiger partial charge in [-0.2, -0.15) is 0 Å². The molecule has 0 unspecified atom stereocenters. The van der Waals surface area contributed by atoms with Crippen molar-refractivity contribution in [2.45, 2.75) is 64.5 Å². The fraction of sp³-hybridized carbons (Fsp3) is 1.00. The zero-order valence-electron chi connectivity index (χ0n) is 13.9. The summed E-state index contributed by atoms with van der Waals surface area (Å²) < 4.78 is 17.3. The van der Waals surface area contributed by atoms with E-state index in [9.17, 15) is 0 Å². The molecule has 0 N–H and O–H groups in total. The molecule has 5 heteroatoms. The summed E-state index contributed by atoms with van der Waals surface area (Å²) in [4.78, 5) is 0. The van der Waals surface area contributed by atoms with Crippen LogP contribution < -0.4 is 0 Å². The Morgan fingerprint density at radius 1 is 0.842 bits per heavy atom. The smallest absolute Gasteiger partial charge is 0.192 e. The molecule has 0 atom stereocenters. The van der Waals surface area contributed by atoms with Gasteiger partial charge in [0.15, 0.2) is 16.6 Å². The van der Waals surface area contributed by atoms with Gasteiger partial charge in [0, 0.05) is 13.7 Å². The molecule has 0 aliphatic carbocycles. The van der Waals surface area contributed by atoms with Gasteiger partial charge < -0.3 is 13.6 Å². The van der Waals surface area contributed by atoms with E-state index in [1.54, 1.807) is 0 Å². The zero-order chi connectivity index (χ0) is 14.8. The van der Waals surface area contributed by atoms with Gasteiger partial charge in [-0.3, -0.25) is 0 Å². The molecule has 0 radical (unpaired) electrons. The third-order valence-electron chi connectivity index (χ3n) is 4.19. The van der Waals surface area contributed by atoms with E-state index in [0.29, 0.717) is 0 Å². The first-order chi connectivity index (χ1) is 8.95. The lowest BCUT2D eigenvalue weighted by Crippen LogP contribution is -2.36. The summed E-state index contributed by atoms with van der Waals surface area (Å²) in [6.45, 7) is 13.6. The van der Waals surface area contributed by atoms with Crippen molar-refractivity contribution in [3.05, 3.63) is 0 Å². The predicted molar refractivity (Wildman–Crippen MR) is 87.9 cm³/mol. The van der Waals surface area contributed by atoms with Crippen LogP contribution in [0.15, 0.2) is 0 Å². The lowest BCUT2D eigenvalue weighted by atomic mass is 10.5. The van der Waals surface area contributed by atoms with E-state index in [4.69, 9.17) is 13.6 Å². The summed E-state index contributed by atoms with van der Waals surface area (Å²) in [5, 5.41) is 0. The SMILES string of the molecule is CC[Si](CC)(CC)OCCOCCC[Si](C)(C)OC. The summed E-state index contributed by atoms with van der Waals surface area (Å²) in [5.74, 6) is 0. The second-order valence-corrected chi connectivity index (χ2v) is 15.0. The zero-order valence-corrected chi connectivity index (χ0v) is 15.9. The fourth-order valence-corrected chi connectivity index (χ4v) is 6.01. The van der Waals surface area contributed by atoms with E-state index in [2.05, 4.69) is 33.9 Å². The van der Waals surface area contributed by atoms with Crippen LogP contribution >= 0.6 is 0 Å². The van der Waals surface area contributed by atoms with E-state index in [1.165, 1.54) is 24.2 Å². The highest BCUT2D eigenvalue weighted by molar-refractivity contribution is 6.73. The maximum Gasteiger partial charge on any atom is 0.192 e. The van der Waals surface area contributed by atoms with Gasteiger partial charge in [0.2, 0.25) is 0 Å². The molecule has 0 amide bonds. The standard InChI is InChI=1S/C14H34O3Si2/c1-7-19(8-2,9-3)17-13-12-16-11-10-14-18(5,6)15-4/h7-14H2,1-6H3. The van der Waals surface area contributed by atoms with Crippen LogP contribution in [0.3, 0.4) is 0 Å². The Balaban J connectivity index is 3.60. The minimum absolute atomic E-state index is 0.740. The molecule has 0 aliphatic heterocycles. The number of hydrogen-bond donors (Lipinski definition) is 0. The van der Waals surface area contributed by atoms with Crippen molar-refractivity contribution in [1.29, 1.82) is 0 Å². The first kappa shape index (κ1) is 19.3. The van der Waals surface area contributed by atoms with Crippen molar-refractivity contribution in [1.82, 2.24) is 0 Å². The van der Waals surface area contributed by atoms with Crippen LogP contribution in [0.2, 0.25) is 37.3 Å². The molecule has 0 aromatic rings. The van der Waals surface area contributed by atoms with Crippen molar-refractivity contribution in [3.63, 3.8) is 0 Å². The van der Waals surface area contributed by atoms with E-state index >= 15 is 0 Å². The number of rotatable bonds is 12. The molecule has 116 valence electrons. The molecule has 0 bridgehead atoms. The summed E-state index contributed by atoms with van der Waals surface area (Å²) in [5.41, 5.74) is 0. The molecule has 0 aromatic heterocycles. The molecule has 0 rings (SSSR count). The van der Waals surface area contributed by atoms with Gasteiger partial charge in [0.25, 0.3) is 0 Å². The van der Waals surface area contributed by atoms with Crippen molar-refractivity contribution in [2.75, 3.05) is 26.9 Å². The van der Waals surface area contributed by atoms with E-state index < -0.39 is 16.6 Å². The maximum atomic E-state index is 6.14. The number of ether oxygens (including phenoxy) is 1. The van der Waals surface area contributed by atoms with Crippen molar-refractivity contribution in [2.24, 2.45) is 0 Å². The van der Waals surface area contributed by atoms with E-state index in [-0.39, 0.29) is 0 Å². The Kier molecular flexibility index (Phi) is 10.3. The lowest BCUT2D eigenvalue weighted by molar-refractivity contribution is 0.0963. The second kappa shape index (κ2) is 10.1. The fourth-order valence-electron chi connectivity index (χ4n) is 2.18. The molecule has 0 heterocycles. The molecular formula is C14H34O3Si2. The minimum atomic E-state index is -1.41. The molecule has 0 saturated heterocycles. The Morgan fingerprint density at radius 3 is 1.89 bits per heavy atom. The van der Waals surface area contributed by atoms with E-state index in [1.807, 2.05) is 7.11 Å². The molecule has 3 nitrogen and oxygen atoms in total. The molecule has 0 fully saturated rings. The van der Waals surface area contributed by atoms with E-state index in [0.717, 1.165) is 26.2 Å². The van der Waals surface area contributed by atoms with Gasteiger partial charge in [-0.05, 0) is 43.7 Å². The lowest BCUT2D eigenvalue weighted by Gasteiger charge is -2.27. The monoisotopic (exact) mass is 306 g/mol. The minimum Gasteiger partial charge on any atom is -0.420 e. The van der Waals surface area contributed by atoms with Gasteiger partial charge >= 0.3 is 0 Å². The Morgan fingerprint density at radius 2 is 1.42 bits per heavy atom. The molecular weight excluding hydrogens is 272 g/mol. The van der Waals surface area contributed by atoms with Gasteiger partial charge in [-0.25, -0.2) is 0 Å². The van der Waals surface area contributed by atoms with Crippen LogP contribution in [-0.2, 0) is 13.6 Å². The first-order valence-electron chi connectivity index (χ1n) is 7.72. The number of hydrogen-bond acceptors (Lipinski definition) is 3. The van der Waals surface area contributed by atoms with Crippen LogP contribution in [0.5, 0.6) is 0 Å². The van der Waals surface area contributed by atoms with Gasteiger partial charge in [-0.15, -0.1) is 0 Å². The van der Waals surface area contributed by atoms with Crippen molar-refractivity contribution in [3.8, 4) is 0 Å². The third kappa shape index (κ3) is 8.24. The van der Waals surface area contributed by atoms with Crippen LogP contribution in [0.4, 0.5) is 0 Å². The van der Waals surface area contributed by atoms with Gasteiger partial charge in [-0.1, -0.05) is 20.8 Å². The van der Waals surface area contributed by atoms with Gasteiger partial charge in [0.05, 0.1) is 13.2 Å². The largest absolute Gasteiger partial charge is 0.420 e. The highest BCUT2D eigenvalue weighted by atomic mass is 28.4. The summed E-state index contributed by atoms with van der Waals surface area (Å²) in [6.07, 6.45) is 1.10. The normalized spacial score (nSPS) is 12.9. The quantitative estimate of drug-likeness (QED) is 0.398. The third-order valence-corrected chi connectivity index (χ3v) is 11.5. The van der Waals surface area contributed by atoms with Crippen LogP contribution in [-0.4, -0.2) is 43.6 Å². The molecule has 0 spiro atoms. The molecule has 0 aliphatic rings. The second-order valence-electron chi connectivity index (χ2n) is 5.77. The average molecular weight is 307 g/mol. The molecule has 19 heavy (non-hydrogen) atoms. The average Bonchev–Trinajstić information content (AvgIpc) is 2.43. The summed E-state index contributed by atoms with van der Waals surface area (Å²) >= 11 is 0. The maximum absolute atomic E-state index is 6.14.